The summed E-state index contributed by atoms with van der Waals surface area (Å²) in [5, 5.41) is 14.7. The van der Waals surface area contributed by atoms with Crippen molar-refractivity contribution in [1.29, 1.82) is 0 Å². The summed E-state index contributed by atoms with van der Waals surface area (Å²) in [6, 6.07) is 5.78. The van der Waals surface area contributed by atoms with Crippen molar-refractivity contribution in [2.75, 3.05) is 6.54 Å². The Balaban J connectivity index is 3.07. The molecule has 4 nitrogen and oxygen atoms in total. The van der Waals surface area contributed by atoms with Gasteiger partial charge in [0.25, 0.3) is 5.69 Å². The van der Waals surface area contributed by atoms with Gasteiger partial charge < -0.3 is 5.32 Å². The van der Waals surface area contributed by atoms with Crippen molar-refractivity contribution >= 4 is 5.69 Å². The molecule has 2 atom stereocenters. The van der Waals surface area contributed by atoms with E-state index in [4.69, 9.17) is 0 Å². The Morgan fingerprint density at radius 3 is 2.58 bits per heavy atom. The summed E-state index contributed by atoms with van der Waals surface area (Å²) in [4.78, 5) is 10.9. The van der Waals surface area contributed by atoms with Gasteiger partial charge in [0, 0.05) is 23.6 Å². The third-order valence-corrected chi connectivity index (χ3v) is 3.54. The van der Waals surface area contributed by atoms with E-state index in [0.29, 0.717) is 0 Å². The molecule has 0 aliphatic heterocycles. The molecule has 19 heavy (non-hydrogen) atoms. The molecule has 0 aromatic heterocycles. The Bertz CT molecular complexity index is 432. The first-order valence-electron chi connectivity index (χ1n) is 6.99. The van der Waals surface area contributed by atoms with Gasteiger partial charge in [-0.1, -0.05) is 26.0 Å². The lowest BCUT2D eigenvalue weighted by Crippen LogP contribution is -2.32. The quantitative estimate of drug-likeness (QED) is 0.602. The second kappa shape index (κ2) is 7.24. The molecule has 0 fully saturated rings. The lowest BCUT2D eigenvalue weighted by molar-refractivity contribution is -0.385. The van der Waals surface area contributed by atoms with E-state index in [1.165, 1.54) is 0 Å². The molecule has 0 bridgehead atoms. The highest BCUT2D eigenvalue weighted by atomic mass is 16.6. The number of nitro groups is 1. The standard InChI is InChI=1S/C15H24N2O2/c1-5-9-16-12(4)13(6-2)14-8-7-11(3)10-15(14)17(18)19/h7-8,10,12-13,16H,5-6,9H2,1-4H3. The van der Waals surface area contributed by atoms with Gasteiger partial charge in [0.1, 0.15) is 0 Å². The molecule has 0 radical (unpaired) electrons. The molecule has 1 rings (SSSR count). The van der Waals surface area contributed by atoms with Crippen LogP contribution in [0, 0.1) is 17.0 Å². The van der Waals surface area contributed by atoms with Gasteiger partial charge in [-0.2, -0.15) is 0 Å². The summed E-state index contributed by atoms with van der Waals surface area (Å²) in [5.74, 6) is 0.174. The summed E-state index contributed by atoms with van der Waals surface area (Å²) < 4.78 is 0. The Kier molecular flexibility index (Phi) is 5.96. The normalized spacial score (nSPS) is 14.1. The highest BCUT2D eigenvalue weighted by Crippen LogP contribution is 2.32. The predicted molar refractivity (Wildman–Crippen MR) is 78.6 cm³/mol. The summed E-state index contributed by atoms with van der Waals surface area (Å²) in [6.45, 7) is 9.13. The van der Waals surface area contributed by atoms with E-state index < -0.39 is 0 Å². The summed E-state index contributed by atoms with van der Waals surface area (Å²) in [7, 11) is 0. The molecule has 0 aliphatic carbocycles. The van der Waals surface area contributed by atoms with Crippen molar-refractivity contribution < 1.29 is 4.92 Å². The number of rotatable bonds is 7. The first-order chi connectivity index (χ1) is 9.01. The van der Waals surface area contributed by atoms with Crippen LogP contribution in [0.15, 0.2) is 18.2 Å². The van der Waals surface area contributed by atoms with Crippen LogP contribution in [0.5, 0.6) is 0 Å². The lowest BCUT2D eigenvalue weighted by Gasteiger charge is -2.24. The second-order valence-electron chi connectivity index (χ2n) is 5.08. The van der Waals surface area contributed by atoms with Crippen molar-refractivity contribution in [3.63, 3.8) is 0 Å². The molecule has 0 spiro atoms. The fourth-order valence-corrected chi connectivity index (χ4v) is 2.48. The molecule has 0 aliphatic rings. The molecule has 4 heteroatoms. The summed E-state index contributed by atoms with van der Waals surface area (Å²) in [6.07, 6.45) is 1.96. The zero-order chi connectivity index (χ0) is 14.4. The van der Waals surface area contributed by atoms with Crippen LogP contribution in [0.25, 0.3) is 0 Å². The third-order valence-electron chi connectivity index (χ3n) is 3.54. The number of hydrogen-bond donors (Lipinski definition) is 1. The number of benzene rings is 1. The number of nitrogens with zero attached hydrogens (tertiary/aromatic N) is 1. The van der Waals surface area contributed by atoms with E-state index >= 15 is 0 Å². The molecular weight excluding hydrogens is 240 g/mol. The molecule has 2 unspecified atom stereocenters. The second-order valence-corrected chi connectivity index (χ2v) is 5.08. The zero-order valence-electron chi connectivity index (χ0n) is 12.3. The SMILES string of the molecule is CCCNC(C)C(CC)c1ccc(C)cc1[N+](=O)[O-]. The van der Waals surface area contributed by atoms with Crippen molar-refractivity contribution in [2.24, 2.45) is 0 Å². The largest absolute Gasteiger partial charge is 0.314 e. The predicted octanol–water partition coefficient (Wildman–Crippen LogP) is 3.78. The van der Waals surface area contributed by atoms with E-state index in [1.807, 2.05) is 19.1 Å². The van der Waals surface area contributed by atoms with E-state index in [-0.39, 0.29) is 22.6 Å². The fraction of sp³-hybridized carbons (Fsp3) is 0.600. The maximum Gasteiger partial charge on any atom is 0.273 e. The molecular formula is C15H24N2O2. The molecule has 1 aromatic carbocycles. The first-order valence-corrected chi connectivity index (χ1v) is 6.99. The van der Waals surface area contributed by atoms with Crippen LogP contribution in [-0.4, -0.2) is 17.5 Å². The van der Waals surface area contributed by atoms with Crippen LogP contribution in [0.2, 0.25) is 0 Å². The van der Waals surface area contributed by atoms with E-state index in [9.17, 15) is 10.1 Å². The van der Waals surface area contributed by atoms with Gasteiger partial charge in [-0.15, -0.1) is 0 Å². The first kappa shape index (κ1) is 15.6. The topological polar surface area (TPSA) is 55.2 Å². The molecule has 106 valence electrons. The number of nitrogens with one attached hydrogen (secondary N) is 1. The third kappa shape index (κ3) is 4.03. The van der Waals surface area contributed by atoms with Gasteiger partial charge in [-0.05, 0) is 38.8 Å². The van der Waals surface area contributed by atoms with E-state index in [2.05, 4.69) is 26.1 Å². The minimum Gasteiger partial charge on any atom is -0.314 e. The van der Waals surface area contributed by atoms with Gasteiger partial charge in [-0.3, -0.25) is 10.1 Å². The van der Waals surface area contributed by atoms with Crippen molar-refractivity contribution in [3.8, 4) is 0 Å². The Labute approximate surface area is 115 Å². The fourth-order valence-electron chi connectivity index (χ4n) is 2.48. The number of nitro benzene ring substituents is 1. The number of hydrogen-bond acceptors (Lipinski definition) is 3. The molecule has 0 heterocycles. The van der Waals surface area contributed by atoms with Crippen LogP contribution in [0.1, 0.15) is 50.7 Å². The average Bonchev–Trinajstić information content (AvgIpc) is 2.38. The molecule has 1 N–H and O–H groups in total. The summed E-state index contributed by atoms with van der Waals surface area (Å²) >= 11 is 0. The highest BCUT2D eigenvalue weighted by Gasteiger charge is 2.25. The molecule has 0 amide bonds. The lowest BCUT2D eigenvalue weighted by atomic mass is 9.88. The number of aryl methyl sites for hydroxylation is 1. The summed E-state index contributed by atoms with van der Waals surface area (Å²) in [5.41, 5.74) is 2.02. The van der Waals surface area contributed by atoms with Crippen LogP contribution < -0.4 is 5.32 Å². The van der Waals surface area contributed by atoms with Crippen LogP contribution in [0.3, 0.4) is 0 Å². The maximum absolute atomic E-state index is 11.2. The molecule has 0 saturated heterocycles. The average molecular weight is 264 g/mol. The van der Waals surface area contributed by atoms with Crippen molar-refractivity contribution in [2.45, 2.75) is 52.5 Å². The van der Waals surface area contributed by atoms with Crippen molar-refractivity contribution in [1.82, 2.24) is 5.32 Å². The smallest absolute Gasteiger partial charge is 0.273 e. The van der Waals surface area contributed by atoms with Crippen LogP contribution in [0.4, 0.5) is 5.69 Å². The van der Waals surface area contributed by atoms with Gasteiger partial charge in [0.15, 0.2) is 0 Å². The van der Waals surface area contributed by atoms with E-state index in [0.717, 1.165) is 30.5 Å². The molecule has 1 aromatic rings. The van der Waals surface area contributed by atoms with Gasteiger partial charge in [0.05, 0.1) is 4.92 Å². The van der Waals surface area contributed by atoms with Crippen LogP contribution >= 0.6 is 0 Å². The van der Waals surface area contributed by atoms with E-state index in [1.54, 1.807) is 6.07 Å². The van der Waals surface area contributed by atoms with Gasteiger partial charge in [-0.25, -0.2) is 0 Å². The minimum atomic E-state index is -0.266. The Morgan fingerprint density at radius 1 is 1.37 bits per heavy atom. The van der Waals surface area contributed by atoms with Crippen molar-refractivity contribution in [3.05, 3.63) is 39.4 Å². The maximum atomic E-state index is 11.2. The molecule has 0 saturated carbocycles. The minimum absolute atomic E-state index is 0.174. The zero-order valence-corrected chi connectivity index (χ0v) is 12.3. The van der Waals surface area contributed by atoms with Gasteiger partial charge >= 0.3 is 0 Å². The Hall–Kier alpha value is -1.42. The van der Waals surface area contributed by atoms with Gasteiger partial charge in [0.2, 0.25) is 0 Å². The van der Waals surface area contributed by atoms with Crippen LogP contribution in [-0.2, 0) is 0 Å². The monoisotopic (exact) mass is 264 g/mol. The Morgan fingerprint density at radius 2 is 2.05 bits per heavy atom. The highest BCUT2D eigenvalue weighted by molar-refractivity contribution is 5.45.